The average Bonchev–Trinajstić information content (AvgIpc) is 2.74. The van der Waals surface area contributed by atoms with Crippen LogP contribution in [0, 0.1) is 0 Å². The first-order valence-corrected chi connectivity index (χ1v) is 9.10. The zero-order chi connectivity index (χ0) is 16.2. The van der Waals surface area contributed by atoms with E-state index in [1.54, 1.807) is 18.2 Å². The maximum Gasteiger partial charge on any atom is 0.243 e. The van der Waals surface area contributed by atoms with Crippen molar-refractivity contribution >= 4 is 52.2 Å². The Hall–Kier alpha value is -1.36. The summed E-state index contributed by atoms with van der Waals surface area (Å²) in [5.41, 5.74) is 1.58. The molecule has 120 valence electrons. The number of rotatable bonds is 3. The second-order valence-electron chi connectivity index (χ2n) is 5.24. The molecule has 0 spiro atoms. The van der Waals surface area contributed by atoms with Crippen molar-refractivity contribution in [1.82, 2.24) is 0 Å². The normalized spacial score (nSPS) is 14.1. The fourth-order valence-electron chi connectivity index (χ4n) is 2.53. The van der Waals surface area contributed by atoms with E-state index in [9.17, 15) is 4.79 Å². The molecule has 0 aromatic heterocycles. The van der Waals surface area contributed by atoms with Crippen LogP contribution in [0.15, 0.2) is 47.4 Å². The molecular formula is C17H16Cl2N2OS. The fourth-order valence-corrected chi connectivity index (χ4v) is 4.04. The highest BCUT2D eigenvalue weighted by Crippen LogP contribution is 2.34. The molecule has 6 heteroatoms. The number of hydrogen-bond donors (Lipinski definition) is 1. The Morgan fingerprint density at radius 3 is 2.65 bits per heavy atom. The summed E-state index contributed by atoms with van der Waals surface area (Å²) >= 11 is 14.0. The summed E-state index contributed by atoms with van der Waals surface area (Å²) < 4.78 is 0. The Balaban J connectivity index is 1.75. The van der Waals surface area contributed by atoms with Crippen LogP contribution in [0.2, 0.25) is 10.0 Å². The van der Waals surface area contributed by atoms with Gasteiger partial charge >= 0.3 is 0 Å². The minimum Gasteiger partial charge on any atom is -0.361 e. The van der Waals surface area contributed by atoms with Gasteiger partial charge in [-0.3, -0.25) is 4.79 Å². The summed E-state index contributed by atoms with van der Waals surface area (Å²) in [6, 6.07) is 13.4. The number of nitrogens with zero attached hydrogens (tertiary/aromatic N) is 1. The van der Waals surface area contributed by atoms with E-state index in [2.05, 4.69) is 22.3 Å². The van der Waals surface area contributed by atoms with E-state index in [0.717, 1.165) is 24.4 Å². The van der Waals surface area contributed by atoms with E-state index in [-0.39, 0.29) is 12.5 Å². The molecule has 1 N–H and O–H groups in total. The number of fused-ring (bicyclic) bond motifs is 1. The van der Waals surface area contributed by atoms with Crippen molar-refractivity contribution in [2.24, 2.45) is 0 Å². The molecule has 1 aliphatic rings. The fraction of sp³-hybridized carbons (Fsp3) is 0.235. The molecular weight excluding hydrogens is 351 g/mol. The number of carbonyl (C=O) groups is 1. The van der Waals surface area contributed by atoms with Gasteiger partial charge in [-0.15, -0.1) is 11.8 Å². The molecule has 0 bridgehead atoms. The predicted molar refractivity (Wildman–Crippen MR) is 99.1 cm³/mol. The Morgan fingerprint density at radius 2 is 1.87 bits per heavy atom. The predicted octanol–water partition coefficient (Wildman–Crippen LogP) is 4.93. The zero-order valence-electron chi connectivity index (χ0n) is 12.4. The summed E-state index contributed by atoms with van der Waals surface area (Å²) in [6.45, 7) is 1.13. The highest BCUT2D eigenvalue weighted by Gasteiger charge is 2.18. The van der Waals surface area contributed by atoms with Crippen LogP contribution >= 0.6 is 35.0 Å². The standard InChI is InChI=1S/C17H16Cl2N2OS/c18-12-5-3-6-13(19)17(12)20-16(22)11-21-9-4-10-23-15-8-2-1-7-14(15)21/h1-3,5-8H,4,9-11H2,(H,20,22). The number of amides is 1. The van der Waals surface area contributed by atoms with Gasteiger partial charge in [0.15, 0.2) is 0 Å². The molecule has 1 aliphatic heterocycles. The van der Waals surface area contributed by atoms with Gasteiger partial charge in [-0.05, 0) is 36.4 Å². The molecule has 0 atom stereocenters. The third kappa shape index (κ3) is 3.94. The van der Waals surface area contributed by atoms with Crippen LogP contribution in [0.5, 0.6) is 0 Å². The Kier molecular flexibility index (Phi) is 5.36. The lowest BCUT2D eigenvalue weighted by Crippen LogP contribution is -2.34. The minimum atomic E-state index is -0.123. The first kappa shape index (κ1) is 16.5. The molecule has 0 radical (unpaired) electrons. The van der Waals surface area contributed by atoms with Gasteiger partial charge in [0.2, 0.25) is 5.91 Å². The maximum absolute atomic E-state index is 12.4. The summed E-state index contributed by atoms with van der Waals surface area (Å²) in [6.07, 6.45) is 1.04. The SMILES string of the molecule is O=C(CN1CCCSc2ccccc21)Nc1c(Cl)cccc1Cl. The molecule has 23 heavy (non-hydrogen) atoms. The second kappa shape index (κ2) is 7.47. The van der Waals surface area contributed by atoms with E-state index in [4.69, 9.17) is 23.2 Å². The largest absolute Gasteiger partial charge is 0.361 e. The Labute approximate surface area is 150 Å². The summed E-state index contributed by atoms with van der Waals surface area (Å²) in [4.78, 5) is 15.8. The topological polar surface area (TPSA) is 32.3 Å². The van der Waals surface area contributed by atoms with Crippen molar-refractivity contribution in [2.45, 2.75) is 11.3 Å². The van der Waals surface area contributed by atoms with Gasteiger partial charge in [0, 0.05) is 11.4 Å². The van der Waals surface area contributed by atoms with E-state index >= 15 is 0 Å². The van der Waals surface area contributed by atoms with Crippen LogP contribution in [0.3, 0.4) is 0 Å². The van der Waals surface area contributed by atoms with E-state index < -0.39 is 0 Å². The molecule has 0 saturated heterocycles. The number of hydrogen-bond acceptors (Lipinski definition) is 3. The molecule has 0 saturated carbocycles. The van der Waals surface area contributed by atoms with Crippen LogP contribution in [0.4, 0.5) is 11.4 Å². The quantitative estimate of drug-likeness (QED) is 0.835. The third-order valence-electron chi connectivity index (χ3n) is 3.60. The molecule has 3 nitrogen and oxygen atoms in total. The van der Waals surface area contributed by atoms with E-state index in [1.807, 2.05) is 23.9 Å². The number of carbonyl (C=O) groups excluding carboxylic acids is 1. The number of para-hydroxylation sites is 2. The number of benzene rings is 2. The molecule has 2 aromatic rings. The van der Waals surface area contributed by atoms with Gasteiger partial charge in [0.05, 0.1) is 28.0 Å². The first-order chi connectivity index (χ1) is 11.1. The molecule has 0 aliphatic carbocycles. The van der Waals surface area contributed by atoms with E-state index in [1.165, 1.54) is 4.90 Å². The van der Waals surface area contributed by atoms with Crippen LogP contribution in [0.25, 0.3) is 0 Å². The number of nitrogens with one attached hydrogen (secondary N) is 1. The van der Waals surface area contributed by atoms with Gasteiger partial charge < -0.3 is 10.2 Å². The van der Waals surface area contributed by atoms with Crippen LogP contribution < -0.4 is 10.2 Å². The number of halogens is 2. The van der Waals surface area contributed by atoms with Crippen LogP contribution in [-0.2, 0) is 4.79 Å². The molecule has 2 aromatic carbocycles. The Bertz CT molecular complexity index is 703. The summed E-state index contributed by atoms with van der Waals surface area (Å²) in [7, 11) is 0. The average molecular weight is 367 g/mol. The van der Waals surface area contributed by atoms with Crippen LogP contribution in [0.1, 0.15) is 6.42 Å². The highest BCUT2D eigenvalue weighted by atomic mass is 35.5. The van der Waals surface area contributed by atoms with Crippen molar-refractivity contribution in [3.8, 4) is 0 Å². The lowest BCUT2D eigenvalue weighted by Gasteiger charge is -2.24. The molecule has 0 fully saturated rings. The lowest BCUT2D eigenvalue weighted by molar-refractivity contribution is -0.115. The number of thioether (sulfide) groups is 1. The maximum atomic E-state index is 12.4. The first-order valence-electron chi connectivity index (χ1n) is 7.36. The van der Waals surface area contributed by atoms with Crippen molar-refractivity contribution in [3.63, 3.8) is 0 Å². The van der Waals surface area contributed by atoms with Gasteiger partial charge in [-0.1, -0.05) is 41.4 Å². The molecule has 0 unspecified atom stereocenters. The van der Waals surface area contributed by atoms with Crippen molar-refractivity contribution in [1.29, 1.82) is 0 Å². The summed E-state index contributed by atoms with van der Waals surface area (Å²) in [5, 5.41) is 3.71. The van der Waals surface area contributed by atoms with E-state index in [0.29, 0.717) is 15.7 Å². The number of anilines is 2. The highest BCUT2D eigenvalue weighted by molar-refractivity contribution is 7.99. The minimum absolute atomic E-state index is 0.123. The second-order valence-corrected chi connectivity index (χ2v) is 7.19. The van der Waals surface area contributed by atoms with Gasteiger partial charge in [0.25, 0.3) is 0 Å². The monoisotopic (exact) mass is 366 g/mol. The molecule has 1 heterocycles. The third-order valence-corrected chi connectivity index (χ3v) is 5.38. The van der Waals surface area contributed by atoms with Crippen molar-refractivity contribution < 1.29 is 4.79 Å². The van der Waals surface area contributed by atoms with Gasteiger partial charge in [-0.25, -0.2) is 0 Å². The molecule has 1 amide bonds. The Morgan fingerprint density at radius 1 is 1.13 bits per heavy atom. The summed E-state index contributed by atoms with van der Waals surface area (Å²) in [5.74, 6) is 0.938. The molecule has 3 rings (SSSR count). The zero-order valence-corrected chi connectivity index (χ0v) is 14.7. The van der Waals surface area contributed by atoms with Gasteiger partial charge in [-0.2, -0.15) is 0 Å². The smallest absolute Gasteiger partial charge is 0.243 e. The lowest BCUT2D eigenvalue weighted by atomic mass is 10.2. The van der Waals surface area contributed by atoms with Crippen molar-refractivity contribution in [3.05, 3.63) is 52.5 Å². The van der Waals surface area contributed by atoms with Crippen molar-refractivity contribution in [2.75, 3.05) is 29.1 Å². The van der Waals surface area contributed by atoms with Crippen LogP contribution in [-0.4, -0.2) is 24.7 Å². The van der Waals surface area contributed by atoms with Gasteiger partial charge in [0.1, 0.15) is 0 Å².